The average molecular weight is 611 g/mol. The summed E-state index contributed by atoms with van der Waals surface area (Å²) < 4.78 is 11.6. The zero-order valence-electron chi connectivity index (χ0n) is 26.2. The van der Waals surface area contributed by atoms with Crippen molar-refractivity contribution in [3.05, 3.63) is 132 Å². The number of nitrogens with zero attached hydrogens (tertiary/aromatic N) is 2. The minimum absolute atomic E-state index is 0.140. The highest BCUT2D eigenvalue weighted by atomic mass is 16.6. The lowest BCUT2D eigenvalue weighted by atomic mass is 9.93. The molecule has 0 spiro atoms. The van der Waals surface area contributed by atoms with Crippen LogP contribution in [0.4, 0.5) is 9.59 Å². The first-order valence-electron chi connectivity index (χ1n) is 15.1. The van der Waals surface area contributed by atoms with Crippen molar-refractivity contribution < 1.29 is 24.2 Å². The number of aliphatic hydroxyl groups excluding tert-OH is 1. The number of hydrogen-bond acceptors (Lipinski definition) is 7. The van der Waals surface area contributed by atoms with Crippen LogP contribution in [0.25, 0.3) is 0 Å². The third-order valence-corrected chi connectivity index (χ3v) is 7.65. The van der Waals surface area contributed by atoms with Crippen LogP contribution in [0.3, 0.4) is 0 Å². The number of carbonyl (C=O) groups is 2. The molecule has 2 aromatic heterocycles. The molecule has 9 heteroatoms. The van der Waals surface area contributed by atoms with E-state index in [-0.39, 0.29) is 6.42 Å². The van der Waals surface area contributed by atoms with Crippen molar-refractivity contribution in [2.24, 2.45) is 0 Å². The summed E-state index contributed by atoms with van der Waals surface area (Å²) in [5.74, 6) is 0. The van der Waals surface area contributed by atoms with E-state index in [9.17, 15) is 14.7 Å². The molecule has 0 aliphatic heterocycles. The van der Waals surface area contributed by atoms with Gasteiger partial charge >= 0.3 is 12.2 Å². The van der Waals surface area contributed by atoms with Crippen LogP contribution in [0.15, 0.2) is 110 Å². The lowest BCUT2D eigenvalue weighted by Gasteiger charge is -2.31. The summed E-state index contributed by atoms with van der Waals surface area (Å²) in [6.07, 6.45) is 5.22. The smallest absolute Gasteiger partial charge is 0.408 e. The molecular formula is C36H42N4O5. The Kier molecular flexibility index (Phi) is 11.3. The molecule has 2 amide bonds. The quantitative estimate of drug-likeness (QED) is 0.168. The van der Waals surface area contributed by atoms with Gasteiger partial charge < -0.3 is 25.2 Å². The summed E-state index contributed by atoms with van der Waals surface area (Å²) in [5.41, 5.74) is 1.50. The van der Waals surface area contributed by atoms with E-state index in [0.717, 1.165) is 22.3 Å². The largest absolute Gasteiger partial charge is 0.439 e. The van der Waals surface area contributed by atoms with Gasteiger partial charge in [-0.1, -0.05) is 72.8 Å². The van der Waals surface area contributed by atoms with Gasteiger partial charge in [0.25, 0.3) is 0 Å². The second-order valence-corrected chi connectivity index (χ2v) is 12.1. The van der Waals surface area contributed by atoms with Crippen molar-refractivity contribution in [1.82, 2.24) is 20.6 Å². The summed E-state index contributed by atoms with van der Waals surface area (Å²) in [6, 6.07) is 25.3. The maximum Gasteiger partial charge on any atom is 0.408 e. The predicted octanol–water partition coefficient (Wildman–Crippen LogP) is 6.07. The van der Waals surface area contributed by atoms with Crippen LogP contribution in [-0.2, 0) is 33.5 Å². The number of hydrogen-bond donors (Lipinski definition) is 3. The summed E-state index contributed by atoms with van der Waals surface area (Å²) in [5, 5.41) is 17.5. The molecule has 2 heterocycles. The molecular weight excluding hydrogens is 568 g/mol. The van der Waals surface area contributed by atoms with Gasteiger partial charge in [0, 0.05) is 42.0 Å². The van der Waals surface area contributed by atoms with Gasteiger partial charge in [0.1, 0.15) is 11.2 Å². The lowest BCUT2D eigenvalue weighted by molar-refractivity contribution is 0.0231. The van der Waals surface area contributed by atoms with Gasteiger partial charge in [0.05, 0.1) is 12.1 Å². The second kappa shape index (κ2) is 15.3. The highest BCUT2D eigenvalue weighted by Gasteiger charge is 2.32. The number of aromatic nitrogens is 2. The molecule has 3 atom stereocenters. The Bertz CT molecular complexity index is 1490. The summed E-state index contributed by atoms with van der Waals surface area (Å²) in [6.45, 7) is 7.15. The fraction of sp³-hybridized carbons (Fsp3) is 0.333. The molecule has 0 saturated carbocycles. The highest BCUT2D eigenvalue weighted by Crippen LogP contribution is 2.25. The van der Waals surface area contributed by atoms with E-state index in [4.69, 9.17) is 9.47 Å². The van der Waals surface area contributed by atoms with Crippen LogP contribution in [0.5, 0.6) is 0 Å². The topological polar surface area (TPSA) is 123 Å². The van der Waals surface area contributed by atoms with Crippen molar-refractivity contribution in [1.29, 1.82) is 0 Å². The number of carbonyl (C=O) groups excluding carboxylic acids is 2. The predicted molar refractivity (Wildman–Crippen MR) is 172 cm³/mol. The minimum atomic E-state index is -1.04. The standard InChI is InChI=1S/C36H42N4O5/c1-35(2,28-17-11-19-37-24-28)44-33(42)39-30(21-26-13-7-5-8-14-26)23-32(41)31(22-27-15-9-6-10-16-27)40-34(43)45-36(3,4)29-18-12-20-38-25-29/h5-20,24-25,30-32,41H,21-23H2,1-4H3,(H,39,42)(H,40,43)/t30-,31-,32-/m0/s1. The Morgan fingerprint density at radius 1 is 0.689 bits per heavy atom. The van der Waals surface area contributed by atoms with Gasteiger partial charge in [0.15, 0.2) is 0 Å². The zero-order valence-corrected chi connectivity index (χ0v) is 26.2. The number of aliphatic hydroxyl groups is 1. The van der Waals surface area contributed by atoms with E-state index in [1.54, 1.807) is 64.6 Å². The van der Waals surface area contributed by atoms with Crippen molar-refractivity contribution in [2.45, 2.75) is 76.3 Å². The van der Waals surface area contributed by atoms with E-state index in [1.165, 1.54) is 0 Å². The summed E-state index contributed by atoms with van der Waals surface area (Å²) >= 11 is 0. The third kappa shape index (κ3) is 10.1. The number of rotatable bonds is 13. The molecule has 0 fully saturated rings. The molecule has 0 bridgehead atoms. The van der Waals surface area contributed by atoms with E-state index >= 15 is 0 Å². The molecule has 9 nitrogen and oxygen atoms in total. The van der Waals surface area contributed by atoms with Crippen molar-refractivity contribution in [3.8, 4) is 0 Å². The molecule has 3 N–H and O–H groups in total. The number of nitrogens with one attached hydrogen (secondary N) is 2. The lowest BCUT2D eigenvalue weighted by Crippen LogP contribution is -2.50. The van der Waals surface area contributed by atoms with Crippen LogP contribution >= 0.6 is 0 Å². The maximum absolute atomic E-state index is 13.2. The van der Waals surface area contributed by atoms with Gasteiger partial charge in [-0.05, 0) is 70.2 Å². The van der Waals surface area contributed by atoms with Crippen molar-refractivity contribution in [3.63, 3.8) is 0 Å². The van der Waals surface area contributed by atoms with Gasteiger partial charge in [-0.25, -0.2) is 9.59 Å². The average Bonchev–Trinajstić information content (AvgIpc) is 3.02. The normalized spacial score (nSPS) is 13.6. The van der Waals surface area contributed by atoms with E-state index in [0.29, 0.717) is 12.8 Å². The number of amides is 2. The molecule has 0 unspecified atom stereocenters. The fourth-order valence-electron chi connectivity index (χ4n) is 5.10. The molecule has 4 aromatic rings. The molecule has 0 aliphatic rings. The summed E-state index contributed by atoms with van der Waals surface area (Å²) in [7, 11) is 0. The molecule has 0 saturated heterocycles. The van der Waals surface area contributed by atoms with Gasteiger partial charge in [-0.2, -0.15) is 0 Å². The number of pyridine rings is 2. The number of benzene rings is 2. The third-order valence-electron chi connectivity index (χ3n) is 7.65. The first-order valence-corrected chi connectivity index (χ1v) is 15.1. The van der Waals surface area contributed by atoms with Gasteiger partial charge in [-0.3, -0.25) is 9.97 Å². The first kappa shape index (κ1) is 33.1. The van der Waals surface area contributed by atoms with Crippen LogP contribution in [-0.4, -0.2) is 45.4 Å². The molecule has 0 aliphatic carbocycles. The SMILES string of the molecule is CC(C)(OC(=O)N[C@@H](Cc1ccccc1)C[C@H](O)[C@H](Cc1ccccc1)NC(=O)OC(C)(C)c1cccnc1)c1cccnc1. The molecule has 236 valence electrons. The Morgan fingerprint density at radius 3 is 1.62 bits per heavy atom. The Morgan fingerprint density at radius 2 is 1.16 bits per heavy atom. The molecule has 45 heavy (non-hydrogen) atoms. The first-order chi connectivity index (χ1) is 21.5. The number of ether oxygens (including phenoxy) is 2. The van der Waals surface area contributed by atoms with Crippen LogP contribution in [0, 0.1) is 0 Å². The van der Waals surface area contributed by atoms with Crippen LogP contribution in [0.1, 0.15) is 56.4 Å². The molecule has 0 radical (unpaired) electrons. The zero-order chi connectivity index (χ0) is 32.3. The maximum atomic E-state index is 13.2. The Hall–Kier alpha value is -4.76. The highest BCUT2D eigenvalue weighted by molar-refractivity contribution is 5.69. The van der Waals surface area contributed by atoms with Gasteiger partial charge in [0.2, 0.25) is 0 Å². The Labute approximate surface area is 265 Å². The van der Waals surface area contributed by atoms with Crippen molar-refractivity contribution in [2.75, 3.05) is 0 Å². The van der Waals surface area contributed by atoms with E-state index in [1.807, 2.05) is 72.8 Å². The van der Waals surface area contributed by atoms with Gasteiger partial charge in [-0.15, -0.1) is 0 Å². The van der Waals surface area contributed by atoms with E-state index in [2.05, 4.69) is 20.6 Å². The molecule has 2 aromatic carbocycles. The second-order valence-electron chi connectivity index (χ2n) is 12.1. The summed E-state index contributed by atoms with van der Waals surface area (Å²) in [4.78, 5) is 34.7. The van der Waals surface area contributed by atoms with Crippen LogP contribution < -0.4 is 10.6 Å². The van der Waals surface area contributed by atoms with E-state index < -0.39 is 41.6 Å². The van der Waals surface area contributed by atoms with Crippen molar-refractivity contribution >= 4 is 12.2 Å². The number of alkyl carbamates (subject to hydrolysis) is 2. The fourth-order valence-corrected chi connectivity index (χ4v) is 5.10. The van der Waals surface area contributed by atoms with Crippen LogP contribution in [0.2, 0.25) is 0 Å². The molecule has 4 rings (SSSR count). The minimum Gasteiger partial charge on any atom is -0.439 e. The Balaban J connectivity index is 1.51. The monoisotopic (exact) mass is 610 g/mol.